The first-order valence-corrected chi connectivity index (χ1v) is 10.9. The zero-order chi connectivity index (χ0) is 22.5. The second-order valence-electron chi connectivity index (χ2n) is 7.42. The van der Waals surface area contributed by atoms with Crippen molar-refractivity contribution in [3.05, 3.63) is 58.1 Å². The topological polar surface area (TPSA) is 86.0 Å². The number of non-ortho nitro benzene ring substituents is 1. The molecule has 0 saturated heterocycles. The standard InChI is InChI=1S/C24H33N3O4/c1-4-5-6-7-8-9-10-11-22(19-12-17-23(30-2)24(18-19)31-3)26-25-20-13-15-21(16-14-20)27(28)29/h12-18,25H,4-11H2,1-3H3. The Balaban J connectivity index is 2.11. The van der Waals surface area contributed by atoms with Crippen molar-refractivity contribution >= 4 is 17.1 Å². The lowest BCUT2D eigenvalue weighted by atomic mass is 10.0. The Kier molecular flexibility index (Phi) is 10.3. The van der Waals surface area contributed by atoms with Gasteiger partial charge in [0.05, 0.1) is 30.5 Å². The lowest BCUT2D eigenvalue weighted by Crippen LogP contribution is -2.06. The second kappa shape index (κ2) is 13.3. The van der Waals surface area contributed by atoms with Crippen molar-refractivity contribution in [3.8, 4) is 11.5 Å². The van der Waals surface area contributed by atoms with Gasteiger partial charge in [0.15, 0.2) is 11.5 Å². The molecule has 0 unspecified atom stereocenters. The van der Waals surface area contributed by atoms with Crippen LogP contribution in [0.5, 0.6) is 11.5 Å². The first kappa shape index (κ1) is 24.2. The summed E-state index contributed by atoms with van der Waals surface area (Å²) in [5, 5.41) is 15.5. The molecule has 0 heterocycles. The minimum absolute atomic E-state index is 0.0534. The Morgan fingerprint density at radius 1 is 0.935 bits per heavy atom. The quantitative estimate of drug-likeness (QED) is 0.159. The van der Waals surface area contributed by atoms with E-state index in [4.69, 9.17) is 9.47 Å². The molecule has 0 bridgehead atoms. The van der Waals surface area contributed by atoms with Gasteiger partial charge in [-0.25, -0.2) is 0 Å². The van der Waals surface area contributed by atoms with Crippen molar-refractivity contribution in [1.29, 1.82) is 0 Å². The summed E-state index contributed by atoms with van der Waals surface area (Å²) in [7, 11) is 3.23. The third-order valence-electron chi connectivity index (χ3n) is 5.13. The highest BCUT2D eigenvalue weighted by Gasteiger charge is 2.10. The first-order valence-electron chi connectivity index (χ1n) is 10.9. The number of rotatable bonds is 14. The van der Waals surface area contributed by atoms with E-state index in [1.165, 1.54) is 44.2 Å². The van der Waals surface area contributed by atoms with Crippen LogP contribution in [0.3, 0.4) is 0 Å². The smallest absolute Gasteiger partial charge is 0.269 e. The van der Waals surface area contributed by atoms with Crippen LogP contribution in [0.4, 0.5) is 11.4 Å². The lowest BCUT2D eigenvalue weighted by molar-refractivity contribution is -0.384. The van der Waals surface area contributed by atoms with Gasteiger partial charge in [-0.2, -0.15) is 5.10 Å². The average molecular weight is 428 g/mol. The largest absolute Gasteiger partial charge is 0.493 e. The molecule has 0 aliphatic heterocycles. The van der Waals surface area contributed by atoms with Gasteiger partial charge < -0.3 is 9.47 Å². The normalized spacial score (nSPS) is 11.3. The van der Waals surface area contributed by atoms with E-state index in [9.17, 15) is 10.1 Å². The van der Waals surface area contributed by atoms with Crippen LogP contribution in [0.1, 0.15) is 63.9 Å². The number of nitro benzene ring substituents is 1. The SMILES string of the molecule is CCCCCCCCCC(=NNc1ccc([N+](=O)[O-])cc1)c1ccc(OC)c(OC)c1. The predicted octanol–water partition coefficient (Wildman–Crippen LogP) is 6.57. The van der Waals surface area contributed by atoms with Crippen LogP contribution in [0, 0.1) is 10.1 Å². The zero-order valence-corrected chi connectivity index (χ0v) is 18.7. The Morgan fingerprint density at radius 2 is 1.58 bits per heavy atom. The highest BCUT2D eigenvalue weighted by molar-refractivity contribution is 6.01. The van der Waals surface area contributed by atoms with E-state index in [1.807, 2.05) is 18.2 Å². The van der Waals surface area contributed by atoms with E-state index in [0.29, 0.717) is 17.2 Å². The summed E-state index contributed by atoms with van der Waals surface area (Å²) in [5.41, 5.74) is 5.65. The Labute approximate surface area is 184 Å². The summed E-state index contributed by atoms with van der Waals surface area (Å²) in [5.74, 6) is 1.33. The van der Waals surface area contributed by atoms with Crippen molar-refractivity contribution in [2.75, 3.05) is 19.6 Å². The van der Waals surface area contributed by atoms with Gasteiger partial charge in [0, 0.05) is 17.7 Å². The van der Waals surface area contributed by atoms with E-state index >= 15 is 0 Å². The molecule has 7 nitrogen and oxygen atoms in total. The van der Waals surface area contributed by atoms with Gasteiger partial charge in [0.2, 0.25) is 0 Å². The fraction of sp³-hybridized carbons (Fsp3) is 0.458. The number of methoxy groups -OCH3 is 2. The Bertz CT molecular complexity index is 850. The molecule has 7 heteroatoms. The molecule has 0 atom stereocenters. The molecule has 0 spiro atoms. The number of nitro groups is 1. The van der Waals surface area contributed by atoms with Crippen molar-refractivity contribution in [1.82, 2.24) is 0 Å². The number of nitrogens with zero attached hydrogens (tertiary/aromatic N) is 2. The monoisotopic (exact) mass is 427 g/mol. The summed E-state index contributed by atoms with van der Waals surface area (Å²) < 4.78 is 10.8. The van der Waals surface area contributed by atoms with Gasteiger partial charge in [-0.1, -0.05) is 45.4 Å². The number of nitrogens with one attached hydrogen (secondary N) is 1. The first-order chi connectivity index (χ1) is 15.1. The molecule has 0 amide bonds. The Hall–Kier alpha value is -3.09. The number of unbranched alkanes of at least 4 members (excludes halogenated alkanes) is 6. The highest BCUT2D eigenvalue weighted by Crippen LogP contribution is 2.28. The zero-order valence-electron chi connectivity index (χ0n) is 18.7. The van der Waals surface area contributed by atoms with Crippen molar-refractivity contribution in [3.63, 3.8) is 0 Å². The molecular weight excluding hydrogens is 394 g/mol. The molecule has 0 aromatic heterocycles. The summed E-state index contributed by atoms with van der Waals surface area (Å²) >= 11 is 0. The maximum absolute atomic E-state index is 10.8. The molecule has 0 aliphatic rings. The molecule has 0 fully saturated rings. The van der Waals surface area contributed by atoms with Crippen LogP contribution >= 0.6 is 0 Å². The minimum atomic E-state index is -0.414. The van der Waals surface area contributed by atoms with E-state index in [1.54, 1.807) is 26.4 Å². The molecule has 1 N–H and O–H groups in total. The summed E-state index contributed by atoms with van der Waals surface area (Å²) in [6.07, 6.45) is 9.39. The van der Waals surface area contributed by atoms with E-state index < -0.39 is 4.92 Å². The average Bonchev–Trinajstić information content (AvgIpc) is 2.80. The number of hydrogen-bond acceptors (Lipinski definition) is 6. The highest BCUT2D eigenvalue weighted by atomic mass is 16.6. The van der Waals surface area contributed by atoms with Crippen LogP contribution in [-0.2, 0) is 0 Å². The van der Waals surface area contributed by atoms with Crippen LogP contribution in [0.15, 0.2) is 47.6 Å². The molecule has 168 valence electrons. The second-order valence-corrected chi connectivity index (χ2v) is 7.42. The van der Waals surface area contributed by atoms with Gasteiger partial charge in [0.25, 0.3) is 5.69 Å². The van der Waals surface area contributed by atoms with Crippen molar-refractivity contribution in [2.45, 2.75) is 58.3 Å². The number of ether oxygens (including phenoxy) is 2. The van der Waals surface area contributed by atoms with Gasteiger partial charge in [0.1, 0.15) is 0 Å². The maximum atomic E-state index is 10.8. The van der Waals surface area contributed by atoms with Gasteiger partial charge in [-0.3, -0.25) is 15.5 Å². The molecule has 2 aromatic carbocycles. The fourth-order valence-electron chi connectivity index (χ4n) is 3.32. The molecule has 0 aliphatic carbocycles. The predicted molar refractivity (Wildman–Crippen MR) is 125 cm³/mol. The molecule has 2 rings (SSSR count). The summed E-state index contributed by atoms with van der Waals surface area (Å²) in [6.45, 7) is 2.23. The molecule has 31 heavy (non-hydrogen) atoms. The number of hydrazone groups is 1. The molecule has 0 saturated carbocycles. The maximum Gasteiger partial charge on any atom is 0.269 e. The molecular formula is C24H33N3O4. The van der Waals surface area contributed by atoms with Crippen LogP contribution < -0.4 is 14.9 Å². The summed E-state index contributed by atoms with van der Waals surface area (Å²) in [6, 6.07) is 12.0. The van der Waals surface area contributed by atoms with E-state index in [0.717, 1.165) is 30.5 Å². The third-order valence-corrected chi connectivity index (χ3v) is 5.13. The third kappa shape index (κ3) is 7.92. The van der Waals surface area contributed by atoms with Gasteiger partial charge in [-0.05, 0) is 43.2 Å². The molecule has 0 radical (unpaired) electrons. The Morgan fingerprint density at radius 3 is 2.19 bits per heavy atom. The number of anilines is 1. The number of hydrogen-bond donors (Lipinski definition) is 1. The van der Waals surface area contributed by atoms with Crippen molar-refractivity contribution < 1.29 is 14.4 Å². The number of benzene rings is 2. The van der Waals surface area contributed by atoms with E-state index in [-0.39, 0.29) is 5.69 Å². The van der Waals surface area contributed by atoms with E-state index in [2.05, 4.69) is 17.5 Å². The minimum Gasteiger partial charge on any atom is -0.493 e. The lowest BCUT2D eigenvalue weighted by Gasteiger charge is -2.12. The van der Waals surface area contributed by atoms with Crippen LogP contribution in [0.2, 0.25) is 0 Å². The van der Waals surface area contributed by atoms with Crippen LogP contribution in [0.25, 0.3) is 0 Å². The summed E-state index contributed by atoms with van der Waals surface area (Å²) in [4.78, 5) is 10.4. The van der Waals surface area contributed by atoms with Crippen molar-refractivity contribution in [2.24, 2.45) is 5.10 Å². The fourth-order valence-corrected chi connectivity index (χ4v) is 3.32. The van der Waals surface area contributed by atoms with Gasteiger partial charge in [-0.15, -0.1) is 0 Å². The van der Waals surface area contributed by atoms with Crippen LogP contribution in [-0.4, -0.2) is 24.9 Å². The van der Waals surface area contributed by atoms with Gasteiger partial charge >= 0.3 is 0 Å². The molecule has 2 aromatic rings.